The predicted octanol–water partition coefficient (Wildman–Crippen LogP) is 4.58. The molecule has 1 radical (unpaired) electrons. The average Bonchev–Trinajstić information content (AvgIpc) is 2.28. The van der Waals surface area contributed by atoms with Gasteiger partial charge in [-0.25, -0.2) is 0 Å². The summed E-state index contributed by atoms with van der Waals surface area (Å²) in [6.45, 7) is 6.16. The summed E-state index contributed by atoms with van der Waals surface area (Å²) >= 11 is 0. The Hall–Kier alpha value is -0.780. The predicted molar refractivity (Wildman–Crippen MR) is 68.0 cm³/mol. The van der Waals surface area contributed by atoms with Gasteiger partial charge in [0.05, 0.1) is 0 Å². The van der Waals surface area contributed by atoms with Crippen molar-refractivity contribution in [2.45, 2.75) is 51.9 Å². The number of hydrogen-bond acceptors (Lipinski definition) is 0. The van der Waals surface area contributed by atoms with Crippen molar-refractivity contribution >= 4 is 0 Å². The monoisotopic (exact) mass is 203 g/mol. The lowest BCUT2D eigenvalue weighted by Gasteiger charge is -2.08. The second kappa shape index (κ2) is 7.50. The Morgan fingerprint density at radius 2 is 1.53 bits per heavy atom. The molecule has 0 heterocycles. The van der Waals surface area contributed by atoms with Crippen LogP contribution in [0.3, 0.4) is 0 Å². The van der Waals surface area contributed by atoms with Gasteiger partial charge in [0.2, 0.25) is 0 Å². The molecule has 0 atom stereocenters. The lowest BCUT2D eigenvalue weighted by atomic mass is 9.98. The molecule has 0 nitrogen and oxygen atoms in total. The molecule has 0 aliphatic rings. The van der Waals surface area contributed by atoms with E-state index in [1.165, 1.54) is 44.1 Å². The molecule has 0 saturated heterocycles. The number of aryl methyl sites for hydroxylation is 2. The molecule has 0 fully saturated rings. The maximum atomic E-state index is 3.91. The molecule has 0 aliphatic carbocycles. The highest BCUT2D eigenvalue weighted by Crippen LogP contribution is 2.15. The quantitative estimate of drug-likeness (QED) is 0.569. The molecule has 15 heavy (non-hydrogen) atoms. The van der Waals surface area contributed by atoms with Gasteiger partial charge in [-0.05, 0) is 36.8 Å². The van der Waals surface area contributed by atoms with Gasteiger partial charge in [0, 0.05) is 0 Å². The van der Waals surface area contributed by atoms with E-state index in [0.717, 1.165) is 6.42 Å². The summed E-state index contributed by atoms with van der Waals surface area (Å²) in [5, 5.41) is 0. The molecule has 0 aliphatic heterocycles. The third-order valence-electron chi connectivity index (χ3n) is 2.86. The molecule has 0 N–H and O–H groups in total. The highest BCUT2D eigenvalue weighted by atomic mass is 14.1. The van der Waals surface area contributed by atoms with Crippen LogP contribution in [-0.4, -0.2) is 0 Å². The van der Waals surface area contributed by atoms with E-state index >= 15 is 0 Å². The Morgan fingerprint density at radius 3 is 2.07 bits per heavy atom. The molecule has 0 spiro atoms. The van der Waals surface area contributed by atoms with Crippen molar-refractivity contribution < 1.29 is 0 Å². The Morgan fingerprint density at radius 1 is 0.933 bits per heavy atom. The summed E-state index contributed by atoms with van der Waals surface area (Å²) < 4.78 is 0. The molecule has 1 aromatic carbocycles. The molecular weight excluding hydrogens is 180 g/mol. The Labute approximate surface area is 94.7 Å². The zero-order chi connectivity index (χ0) is 10.9. The normalized spacial score (nSPS) is 10.5. The van der Waals surface area contributed by atoms with E-state index in [0.29, 0.717) is 0 Å². The molecular formula is C15H23. The van der Waals surface area contributed by atoms with Gasteiger partial charge in [0.1, 0.15) is 0 Å². The minimum Gasteiger partial charge on any atom is -0.0654 e. The summed E-state index contributed by atoms with van der Waals surface area (Å²) in [6, 6.07) is 8.88. The number of rotatable bonds is 7. The topological polar surface area (TPSA) is 0 Å². The smallest absolute Gasteiger partial charge is 0.0276 e. The molecule has 0 bridgehead atoms. The lowest BCUT2D eigenvalue weighted by Crippen LogP contribution is -1.94. The van der Waals surface area contributed by atoms with Crippen molar-refractivity contribution in [1.82, 2.24) is 0 Å². The largest absolute Gasteiger partial charge is 0.0654 e. The first-order valence-corrected chi connectivity index (χ1v) is 6.24. The molecule has 0 amide bonds. The van der Waals surface area contributed by atoms with Gasteiger partial charge in [-0.15, -0.1) is 0 Å². The van der Waals surface area contributed by atoms with Crippen LogP contribution in [-0.2, 0) is 12.8 Å². The van der Waals surface area contributed by atoms with E-state index in [-0.39, 0.29) is 0 Å². The molecule has 1 rings (SSSR count). The fourth-order valence-corrected chi connectivity index (χ4v) is 1.93. The third-order valence-corrected chi connectivity index (χ3v) is 2.86. The average molecular weight is 203 g/mol. The maximum Gasteiger partial charge on any atom is -0.0276 e. The number of unbranched alkanes of at least 4 members (excludes halogenated alkanes) is 3. The van der Waals surface area contributed by atoms with Crippen LogP contribution in [0.4, 0.5) is 0 Å². The first-order valence-electron chi connectivity index (χ1n) is 6.24. The van der Waals surface area contributed by atoms with Gasteiger partial charge in [0.25, 0.3) is 0 Å². The zero-order valence-electron chi connectivity index (χ0n) is 9.97. The zero-order valence-corrected chi connectivity index (χ0v) is 9.97. The van der Waals surface area contributed by atoms with E-state index in [9.17, 15) is 0 Å². The van der Waals surface area contributed by atoms with E-state index in [1.807, 2.05) is 0 Å². The lowest BCUT2D eigenvalue weighted by molar-refractivity contribution is 0.710. The van der Waals surface area contributed by atoms with Gasteiger partial charge < -0.3 is 0 Å². The van der Waals surface area contributed by atoms with Crippen LogP contribution in [0.15, 0.2) is 24.3 Å². The second-order valence-electron chi connectivity index (χ2n) is 4.18. The Bertz CT molecular complexity index is 262. The van der Waals surface area contributed by atoms with Crippen LogP contribution >= 0.6 is 0 Å². The summed E-state index contributed by atoms with van der Waals surface area (Å²) in [7, 11) is 0. The molecule has 0 aromatic heterocycles. The van der Waals surface area contributed by atoms with Crippen LogP contribution in [0.5, 0.6) is 0 Å². The minimum atomic E-state index is 1.04. The van der Waals surface area contributed by atoms with Crippen LogP contribution < -0.4 is 0 Å². The molecule has 0 saturated carbocycles. The second-order valence-corrected chi connectivity index (χ2v) is 4.18. The number of hydrogen-bond donors (Lipinski definition) is 0. The highest BCUT2D eigenvalue weighted by Gasteiger charge is 2.00. The van der Waals surface area contributed by atoms with Gasteiger partial charge in [0.15, 0.2) is 0 Å². The van der Waals surface area contributed by atoms with Crippen LogP contribution in [0.2, 0.25) is 0 Å². The molecule has 83 valence electrons. The molecule has 1 aromatic rings. The van der Waals surface area contributed by atoms with E-state index < -0.39 is 0 Å². The van der Waals surface area contributed by atoms with Crippen molar-refractivity contribution in [2.24, 2.45) is 0 Å². The van der Waals surface area contributed by atoms with Crippen LogP contribution in [0, 0.1) is 6.92 Å². The first kappa shape index (κ1) is 12.3. The number of benzene rings is 1. The van der Waals surface area contributed by atoms with Crippen LogP contribution in [0.25, 0.3) is 0 Å². The van der Waals surface area contributed by atoms with E-state index in [2.05, 4.69) is 38.1 Å². The summed E-state index contributed by atoms with van der Waals surface area (Å²) in [6.07, 6.45) is 8.70. The van der Waals surface area contributed by atoms with Crippen molar-refractivity contribution in [2.75, 3.05) is 0 Å². The van der Waals surface area contributed by atoms with Gasteiger partial charge >= 0.3 is 0 Å². The summed E-state index contributed by atoms with van der Waals surface area (Å²) in [5.74, 6) is 0. The summed E-state index contributed by atoms with van der Waals surface area (Å²) in [4.78, 5) is 0. The third kappa shape index (κ3) is 4.51. The standard InChI is InChI=1S/C15H23/c1-3-5-7-11-15-13-9-8-12-14(15)10-6-4-2/h8-9,12-13H,2-7,10-11H2,1H3. The molecule has 0 heteroatoms. The van der Waals surface area contributed by atoms with Crippen molar-refractivity contribution in [3.05, 3.63) is 42.3 Å². The Kier molecular flexibility index (Phi) is 6.15. The fraction of sp³-hybridized carbons (Fsp3) is 0.533. The van der Waals surface area contributed by atoms with Crippen molar-refractivity contribution in [3.8, 4) is 0 Å². The minimum absolute atomic E-state index is 1.04. The molecule has 0 unspecified atom stereocenters. The van der Waals surface area contributed by atoms with Gasteiger partial charge in [-0.3, -0.25) is 0 Å². The highest BCUT2D eigenvalue weighted by molar-refractivity contribution is 5.27. The van der Waals surface area contributed by atoms with E-state index in [1.54, 1.807) is 5.56 Å². The van der Waals surface area contributed by atoms with Gasteiger partial charge in [-0.2, -0.15) is 0 Å². The van der Waals surface area contributed by atoms with Crippen molar-refractivity contribution in [1.29, 1.82) is 0 Å². The fourth-order valence-electron chi connectivity index (χ4n) is 1.93. The Balaban J connectivity index is 2.52. The van der Waals surface area contributed by atoms with E-state index in [4.69, 9.17) is 0 Å². The summed E-state index contributed by atoms with van der Waals surface area (Å²) in [5.41, 5.74) is 3.09. The maximum absolute atomic E-state index is 3.91. The van der Waals surface area contributed by atoms with Gasteiger partial charge in [-0.1, -0.05) is 57.4 Å². The van der Waals surface area contributed by atoms with Crippen LogP contribution in [0.1, 0.15) is 50.2 Å². The SMILES string of the molecule is [CH2]CCCc1ccccc1CCCCC. The van der Waals surface area contributed by atoms with Crippen molar-refractivity contribution in [3.63, 3.8) is 0 Å². The first-order chi connectivity index (χ1) is 7.38.